The fourth-order valence-corrected chi connectivity index (χ4v) is 2.55. The summed E-state index contributed by atoms with van der Waals surface area (Å²) in [7, 11) is 0. The second-order valence-electron chi connectivity index (χ2n) is 7.18. The number of hydrogen-bond donors (Lipinski definition) is 3. The Hall–Kier alpha value is -1.26. The Morgan fingerprint density at radius 2 is 1.76 bits per heavy atom. The van der Waals surface area contributed by atoms with Gasteiger partial charge in [-0.3, -0.25) is 0 Å². The minimum Gasteiger partial charge on any atom is -0.480 e. The van der Waals surface area contributed by atoms with E-state index in [0.717, 1.165) is 32.1 Å². The molecule has 5 heteroatoms. The Bertz CT molecular complexity index is 361. The van der Waals surface area contributed by atoms with Crippen LogP contribution in [0.5, 0.6) is 0 Å². The molecule has 1 rings (SSSR count). The highest BCUT2D eigenvalue weighted by atomic mass is 16.4. The van der Waals surface area contributed by atoms with Crippen molar-refractivity contribution < 1.29 is 14.7 Å². The van der Waals surface area contributed by atoms with Gasteiger partial charge in [0.1, 0.15) is 6.04 Å². The zero-order valence-electron chi connectivity index (χ0n) is 13.7. The van der Waals surface area contributed by atoms with Gasteiger partial charge in [-0.05, 0) is 30.1 Å². The minimum absolute atomic E-state index is 0.0130. The fourth-order valence-electron chi connectivity index (χ4n) is 2.55. The molecule has 1 unspecified atom stereocenters. The summed E-state index contributed by atoms with van der Waals surface area (Å²) in [6.45, 7) is 8.94. The van der Waals surface area contributed by atoms with Gasteiger partial charge in [0.2, 0.25) is 0 Å². The van der Waals surface area contributed by atoms with Crippen LogP contribution in [0.1, 0.15) is 59.8 Å². The lowest BCUT2D eigenvalue weighted by Crippen LogP contribution is -2.51. The van der Waals surface area contributed by atoms with Crippen LogP contribution < -0.4 is 10.6 Å². The van der Waals surface area contributed by atoms with Crippen molar-refractivity contribution in [2.75, 3.05) is 6.54 Å². The van der Waals surface area contributed by atoms with Crippen molar-refractivity contribution in [3.05, 3.63) is 0 Å². The summed E-state index contributed by atoms with van der Waals surface area (Å²) in [5.41, 5.74) is -0.0130. The van der Waals surface area contributed by atoms with Crippen molar-refractivity contribution in [2.24, 2.45) is 17.3 Å². The second kappa shape index (κ2) is 7.66. The lowest BCUT2D eigenvalue weighted by atomic mass is 9.81. The molecular formula is C16H30N2O3. The van der Waals surface area contributed by atoms with E-state index in [1.807, 2.05) is 0 Å². The summed E-state index contributed by atoms with van der Waals surface area (Å²) < 4.78 is 0. The van der Waals surface area contributed by atoms with E-state index >= 15 is 0 Å². The highest BCUT2D eigenvalue weighted by Gasteiger charge is 2.31. The van der Waals surface area contributed by atoms with Crippen LogP contribution in [0.3, 0.4) is 0 Å². The number of amides is 2. The SMILES string of the molecule is CC(C)C(C)(C)CNC(=O)NC(C(=O)O)C1CCCCC1. The first-order valence-corrected chi connectivity index (χ1v) is 8.01. The van der Waals surface area contributed by atoms with Gasteiger partial charge in [-0.2, -0.15) is 0 Å². The predicted molar refractivity (Wildman–Crippen MR) is 83.2 cm³/mol. The number of urea groups is 1. The van der Waals surface area contributed by atoms with Gasteiger partial charge in [-0.15, -0.1) is 0 Å². The molecule has 0 radical (unpaired) electrons. The number of carbonyl (C=O) groups is 2. The molecule has 0 saturated heterocycles. The lowest BCUT2D eigenvalue weighted by Gasteiger charge is -2.31. The van der Waals surface area contributed by atoms with Gasteiger partial charge < -0.3 is 15.7 Å². The zero-order chi connectivity index (χ0) is 16.0. The molecule has 1 aliphatic rings. The first-order valence-electron chi connectivity index (χ1n) is 8.01. The normalized spacial score (nSPS) is 18.3. The van der Waals surface area contributed by atoms with Crippen molar-refractivity contribution in [1.82, 2.24) is 10.6 Å². The van der Waals surface area contributed by atoms with E-state index in [1.54, 1.807) is 0 Å². The first-order chi connectivity index (χ1) is 9.74. The molecule has 122 valence electrons. The Balaban J connectivity index is 2.51. The van der Waals surface area contributed by atoms with E-state index in [4.69, 9.17) is 0 Å². The summed E-state index contributed by atoms with van der Waals surface area (Å²) in [6, 6.07) is -1.14. The molecule has 0 aromatic rings. The molecule has 2 amide bonds. The number of carboxylic acid groups (broad SMARTS) is 1. The maximum atomic E-state index is 12.0. The van der Waals surface area contributed by atoms with E-state index in [-0.39, 0.29) is 17.4 Å². The van der Waals surface area contributed by atoms with Crippen LogP contribution in [0.4, 0.5) is 4.79 Å². The van der Waals surface area contributed by atoms with Crippen molar-refractivity contribution in [3.8, 4) is 0 Å². The highest BCUT2D eigenvalue weighted by molar-refractivity contribution is 5.82. The summed E-state index contributed by atoms with van der Waals surface area (Å²) in [4.78, 5) is 23.4. The molecule has 1 fully saturated rings. The van der Waals surface area contributed by atoms with Gasteiger partial charge >= 0.3 is 12.0 Å². The number of carbonyl (C=O) groups excluding carboxylic acids is 1. The van der Waals surface area contributed by atoms with Crippen LogP contribution in [0.25, 0.3) is 0 Å². The third kappa shape index (κ3) is 5.56. The molecule has 3 N–H and O–H groups in total. The van der Waals surface area contributed by atoms with Crippen LogP contribution in [0.15, 0.2) is 0 Å². The minimum atomic E-state index is -0.930. The topological polar surface area (TPSA) is 78.4 Å². The van der Waals surface area contributed by atoms with Crippen LogP contribution in [0, 0.1) is 17.3 Å². The molecule has 0 heterocycles. The molecule has 0 aliphatic heterocycles. The number of carboxylic acids is 1. The highest BCUT2D eigenvalue weighted by Crippen LogP contribution is 2.27. The molecule has 0 spiro atoms. The van der Waals surface area contributed by atoms with E-state index in [1.165, 1.54) is 0 Å². The monoisotopic (exact) mass is 298 g/mol. The van der Waals surface area contributed by atoms with Crippen LogP contribution in [-0.2, 0) is 4.79 Å². The van der Waals surface area contributed by atoms with Crippen molar-refractivity contribution in [2.45, 2.75) is 65.8 Å². The largest absolute Gasteiger partial charge is 0.480 e. The van der Waals surface area contributed by atoms with Crippen molar-refractivity contribution >= 4 is 12.0 Å². The van der Waals surface area contributed by atoms with Gasteiger partial charge in [-0.1, -0.05) is 47.0 Å². The summed E-state index contributed by atoms with van der Waals surface area (Å²) in [6.07, 6.45) is 5.04. The van der Waals surface area contributed by atoms with E-state index in [2.05, 4.69) is 38.3 Å². The molecule has 5 nitrogen and oxygen atoms in total. The average Bonchev–Trinajstić information content (AvgIpc) is 2.43. The third-order valence-corrected chi connectivity index (χ3v) is 4.94. The van der Waals surface area contributed by atoms with Crippen LogP contribution >= 0.6 is 0 Å². The van der Waals surface area contributed by atoms with Crippen molar-refractivity contribution in [3.63, 3.8) is 0 Å². The molecule has 21 heavy (non-hydrogen) atoms. The fraction of sp³-hybridized carbons (Fsp3) is 0.875. The Labute approximate surface area is 127 Å². The number of aliphatic carboxylic acids is 1. The number of nitrogens with one attached hydrogen (secondary N) is 2. The summed E-state index contributed by atoms with van der Waals surface area (Å²) in [5, 5.41) is 14.8. The van der Waals surface area contributed by atoms with Crippen LogP contribution in [-0.4, -0.2) is 29.7 Å². The Morgan fingerprint density at radius 1 is 1.19 bits per heavy atom. The molecule has 1 atom stereocenters. The average molecular weight is 298 g/mol. The maximum Gasteiger partial charge on any atom is 0.326 e. The Kier molecular flexibility index (Phi) is 6.49. The molecule has 0 aromatic carbocycles. The van der Waals surface area contributed by atoms with Crippen molar-refractivity contribution in [1.29, 1.82) is 0 Å². The van der Waals surface area contributed by atoms with Gasteiger partial charge in [-0.25, -0.2) is 9.59 Å². The number of rotatable bonds is 6. The van der Waals surface area contributed by atoms with E-state index in [0.29, 0.717) is 12.5 Å². The Morgan fingerprint density at radius 3 is 2.24 bits per heavy atom. The van der Waals surface area contributed by atoms with Gasteiger partial charge in [0.25, 0.3) is 0 Å². The standard InChI is InChI=1S/C16H30N2O3/c1-11(2)16(3,4)10-17-15(21)18-13(14(19)20)12-8-6-5-7-9-12/h11-13H,5-10H2,1-4H3,(H,19,20)(H2,17,18,21). The second-order valence-corrected chi connectivity index (χ2v) is 7.18. The predicted octanol–water partition coefficient (Wildman–Crippen LogP) is 3.00. The van der Waals surface area contributed by atoms with E-state index < -0.39 is 12.0 Å². The molecule has 0 bridgehead atoms. The zero-order valence-corrected chi connectivity index (χ0v) is 13.7. The van der Waals surface area contributed by atoms with Gasteiger partial charge in [0, 0.05) is 6.54 Å². The molecule has 0 aromatic heterocycles. The first kappa shape index (κ1) is 17.8. The smallest absolute Gasteiger partial charge is 0.326 e. The summed E-state index contributed by atoms with van der Waals surface area (Å²) >= 11 is 0. The molecular weight excluding hydrogens is 268 g/mol. The van der Waals surface area contributed by atoms with Crippen LogP contribution in [0.2, 0.25) is 0 Å². The maximum absolute atomic E-state index is 12.0. The quantitative estimate of drug-likeness (QED) is 0.705. The van der Waals surface area contributed by atoms with E-state index in [9.17, 15) is 14.7 Å². The van der Waals surface area contributed by atoms with Gasteiger partial charge in [0.05, 0.1) is 0 Å². The molecule has 1 aliphatic carbocycles. The lowest BCUT2D eigenvalue weighted by molar-refractivity contribution is -0.141. The number of hydrogen-bond acceptors (Lipinski definition) is 2. The molecule has 1 saturated carbocycles. The van der Waals surface area contributed by atoms with Gasteiger partial charge in [0.15, 0.2) is 0 Å². The third-order valence-electron chi connectivity index (χ3n) is 4.94. The summed E-state index contributed by atoms with van der Waals surface area (Å²) in [5.74, 6) is -0.438.